The molecule has 0 atom stereocenters. The average Bonchev–Trinajstić information content (AvgIpc) is 2.31. The highest BCUT2D eigenvalue weighted by Crippen LogP contribution is 2.34. The van der Waals surface area contributed by atoms with Gasteiger partial charge in [0.05, 0.1) is 0 Å². The van der Waals surface area contributed by atoms with Crippen LogP contribution >= 0.6 is 15.9 Å². The summed E-state index contributed by atoms with van der Waals surface area (Å²) in [5.74, 6) is 0. The van der Waals surface area contributed by atoms with Gasteiger partial charge in [-0.2, -0.15) is 0 Å². The molecule has 1 heterocycles. The maximum Gasteiger partial charge on any atom is 0.0484 e. The van der Waals surface area contributed by atoms with Crippen molar-refractivity contribution < 1.29 is 0 Å². The molecule has 2 aromatic rings. The largest absolute Gasteiger partial charge is 0.264 e. The minimum atomic E-state index is 0.574. The maximum atomic E-state index is 8.49. The van der Waals surface area contributed by atoms with Gasteiger partial charge in [-0.1, -0.05) is 39.2 Å². The Bertz CT molecular complexity index is 561. The molecular weight excluding hydrogens is 268 g/mol. The van der Waals surface area contributed by atoms with Crippen LogP contribution in [0.15, 0.2) is 52.3 Å². The standard InChI is InChI=1S/C11H7BrN4/c12-10-4-2-1-3-8(10)9-7-14-6-5-11(9)15-16-13/h1-7H. The van der Waals surface area contributed by atoms with E-state index in [0.29, 0.717) is 5.69 Å². The lowest BCUT2D eigenvalue weighted by molar-refractivity contribution is 1.30. The van der Waals surface area contributed by atoms with Gasteiger partial charge >= 0.3 is 0 Å². The first-order valence-electron chi connectivity index (χ1n) is 4.57. The molecule has 4 nitrogen and oxygen atoms in total. The monoisotopic (exact) mass is 274 g/mol. The predicted molar refractivity (Wildman–Crippen MR) is 66.2 cm³/mol. The molecule has 2 rings (SSSR count). The molecule has 0 bridgehead atoms. The summed E-state index contributed by atoms with van der Waals surface area (Å²) in [6.07, 6.45) is 3.29. The van der Waals surface area contributed by atoms with Crippen molar-refractivity contribution in [3.05, 3.63) is 57.6 Å². The molecule has 0 aliphatic rings. The van der Waals surface area contributed by atoms with E-state index in [1.165, 1.54) is 0 Å². The molecule has 0 aliphatic carbocycles. The van der Waals surface area contributed by atoms with Crippen molar-refractivity contribution in [1.82, 2.24) is 4.98 Å². The van der Waals surface area contributed by atoms with Crippen LogP contribution < -0.4 is 0 Å². The van der Waals surface area contributed by atoms with E-state index in [-0.39, 0.29) is 0 Å². The SMILES string of the molecule is [N-]=[N+]=Nc1ccncc1-c1ccccc1Br. The maximum absolute atomic E-state index is 8.49. The van der Waals surface area contributed by atoms with Crippen molar-refractivity contribution in [3.8, 4) is 11.1 Å². The molecule has 0 radical (unpaired) electrons. The Balaban J connectivity index is 2.64. The van der Waals surface area contributed by atoms with Gasteiger partial charge < -0.3 is 0 Å². The Morgan fingerprint density at radius 1 is 1.19 bits per heavy atom. The Hall–Kier alpha value is -1.84. The van der Waals surface area contributed by atoms with Gasteiger partial charge in [0.15, 0.2) is 0 Å². The fraction of sp³-hybridized carbons (Fsp3) is 0. The summed E-state index contributed by atoms with van der Waals surface area (Å²) in [7, 11) is 0. The lowest BCUT2D eigenvalue weighted by atomic mass is 10.1. The van der Waals surface area contributed by atoms with E-state index in [9.17, 15) is 0 Å². The van der Waals surface area contributed by atoms with Crippen LogP contribution in [0.3, 0.4) is 0 Å². The van der Waals surface area contributed by atoms with Crippen LogP contribution in [0.4, 0.5) is 5.69 Å². The summed E-state index contributed by atoms with van der Waals surface area (Å²) in [5.41, 5.74) is 10.8. The number of hydrogen-bond acceptors (Lipinski definition) is 2. The van der Waals surface area contributed by atoms with Gasteiger partial charge in [0.25, 0.3) is 0 Å². The minimum Gasteiger partial charge on any atom is -0.264 e. The lowest BCUT2D eigenvalue weighted by Gasteiger charge is -2.06. The molecule has 16 heavy (non-hydrogen) atoms. The van der Waals surface area contributed by atoms with Crippen molar-refractivity contribution in [2.24, 2.45) is 5.11 Å². The second-order valence-electron chi connectivity index (χ2n) is 3.06. The summed E-state index contributed by atoms with van der Waals surface area (Å²) >= 11 is 3.46. The smallest absolute Gasteiger partial charge is 0.0484 e. The lowest BCUT2D eigenvalue weighted by Crippen LogP contribution is -1.81. The fourth-order valence-corrected chi connectivity index (χ4v) is 1.91. The zero-order valence-electron chi connectivity index (χ0n) is 8.21. The van der Waals surface area contributed by atoms with Gasteiger partial charge in [0.2, 0.25) is 0 Å². The van der Waals surface area contributed by atoms with E-state index in [2.05, 4.69) is 30.9 Å². The van der Waals surface area contributed by atoms with Crippen LogP contribution in [0.2, 0.25) is 0 Å². The van der Waals surface area contributed by atoms with Gasteiger partial charge in [-0.25, -0.2) is 0 Å². The van der Waals surface area contributed by atoms with Crippen LogP contribution in [0.5, 0.6) is 0 Å². The number of nitrogens with zero attached hydrogens (tertiary/aromatic N) is 4. The van der Waals surface area contributed by atoms with Crippen LogP contribution in [0.25, 0.3) is 21.6 Å². The molecule has 0 spiro atoms. The predicted octanol–water partition coefficient (Wildman–Crippen LogP) is 4.45. The summed E-state index contributed by atoms with van der Waals surface area (Å²) in [4.78, 5) is 6.84. The topological polar surface area (TPSA) is 61.7 Å². The molecule has 5 heteroatoms. The third-order valence-corrected chi connectivity index (χ3v) is 2.81. The van der Waals surface area contributed by atoms with Gasteiger partial charge in [-0.3, -0.25) is 4.98 Å². The molecule has 1 aromatic carbocycles. The van der Waals surface area contributed by atoms with E-state index in [4.69, 9.17) is 5.53 Å². The van der Waals surface area contributed by atoms with E-state index >= 15 is 0 Å². The van der Waals surface area contributed by atoms with E-state index in [1.54, 1.807) is 18.5 Å². The number of hydrogen-bond donors (Lipinski definition) is 0. The third kappa shape index (κ3) is 2.05. The van der Waals surface area contributed by atoms with Crippen molar-refractivity contribution >= 4 is 21.6 Å². The first kappa shape index (κ1) is 10.7. The highest BCUT2D eigenvalue weighted by Gasteiger charge is 2.06. The van der Waals surface area contributed by atoms with Gasteiger partial charge in [-0.15, -0.1) is 0 Å². The average molecular weight is 275 g/mol. The number of aromatic nitrogens is 1. The van der Waals surface area contributed by atoms with Crippen molar-refractivity contribution in [2.45, 2.75) is 0 Å². The first-order valence-corrected chi connectivity index (χ1v) is 5.36. The highest BCUT2D eigenvalue weighted by atomic mass is 79.9. The minimum absolute atomic E-state index is 0.574. The number of pyridine rings is 1. The Morgan fingerprint density at radius 3 is 2.75 bits per heavy atom. The Labute approximate surface area is 101 Å². The van der Waals surface area contributed by atoms with Crippen LogP contribution in [-0.2, 0) is 0 Å². The van der Waals surface area contributed by atoms with Crippen molar-refractivity contribution in [3.63, 3.8) is 0 Å². The molecule has 0 saturated heterocycles. The molecule has 78 valence electrons. The van der Waals surface area contributed by atoms with Crippen molar-refractivity contribution in [2.75, 3.05) is 0 Å². The molecule has 0 amide bonds. The molecule has 1 aromatic heterocycles. The summed E-state index contributed by atoms with van der Waals surface area (Å²) in [6, 6.07) is 9.42. The molecule has 0 unspecified atom stereocenters. The summed E-state index contributed by atoms with van der Waals surface area (Å²) in [6.45, 7) is 0. The van der Waals surface area contributed by atoms with E-state index in [1.807, 2.05) is 24.3 Å². The van der Waals surface area contributed by atoms with Crippen LogP contribution in [0.1, 0.15) is 0 Å². The van der Waals surface area contributed by atoms with Gasteiger partial charge in [0, 0.05) is 33.0 Å². The molecule has 0 saturated carbocycles. The zero-order valence-corrected chi connectivity index (χ0v) is 9.79. The highest BCUT2D eigenvalue weighted by molar-refractivity contribution is 9.10. The Kier molecular flexibility index (Phi) is 3.19. The molecule has 0 N–H and O–H groups in total. The second kappa shape index (κ2) is 4.79. The molecule has 0 aliphatic heterocycles. The number of halogens is 1. The van der Waals surface area contributed by atoms with E-state index < -0.39 is 0 Å². The van der Waals surface area contributed by atoms with Crippen molar-refractivity contribution in [1.29, 1.82) is 0 Å². The normalized spacial score (nSPS) is 9.56. The molecular formula is C11H7BrN4. The van der Waals surface area contributed by atoms with Gasteiger partial charge in [-0.05, 0) is 23.2 Å². The van der Waals surface area contributed by atoms with Crippen LogP contribution in [0, 0.1) is 0 Å². The fourth-order valence-electron chi connectivity index (χ4n) is 1.41. The van der Waals surface area contributed by atoms with Crippen LogP contribution in [-0.4, -0.2) is 4.98 Å². The third-order valence-electron chi connectivity index (χ3n) is 2.11. The number of rotatable bonds is 2. The molecule has 0 fully saturated rings. The second-order valence-corrected chi connectivity index (χ2v) is 3.92. The van der Waals surface area contributed by atoms with Gasteiger partial charge in [0.1, 0.15) is 0 Å². The first-order chi connectivity index (χ1) is 7.83. The Morgan fingerprint density at radius 2 is 2.00 bits per heavy atom. The van der Waals surface area contributed by atoms with E-state index in [0.717, 1.165) is 15.6 Å². The quantitative estimate of drug-likeness (QED) is 0.453. The number of benzene rings is 1. The summed E-state index contributed by atoms with van der Waals surface area (Å²) < 4.78 is 0.942. The summed E-state index contributed by atoms with van der Waals surface area (Å²) in [5, 5.41) is 3.64. The zero-order chi connectivity index (χ0) is 11.4. The number of azide groups is 1.